The third-order valence-electron chi connectivity index (χ3n) is 4.91. The summed E-state index contributed by atoms with van der Waals surface area (Å²) in [5.74, 6) is 0.443. The van der Waals surface area contributed by atoms with Crippen LogP contribution in [0.2, 0.25) is 0 Å². The summed E-state index contributed by atoms with van der Waals surface area (Å²) < 4.78 is 12.2. The molecule has 0 saturated carbocycles. The minimum absolute atomic E-state index is 0.0551. The minimum atomic E-state index is -0.451. The van der Waals surface area contributed by atoms with Crippen molar-refractivity contribution in [3.8, 4) is 34.5 Å². The number of nitrogens with one attached hydrogen (secondary N) is 1. The summed E-state index contributed by atoms with van der Waals surface area (Å²) in [6, 6.07) is 12.9. The number of aryl methyl sites for hydroxylation is 1. The topological polar surface area (TPSA) is 148 Å². The molecule has 0 bridgehead atoms. The van der Waals surface area contributed by atoms with Gasteiger partial charge in [0.1, 0.15) is 23.1 Å². The predicted octanol–water partition coefficient (Wildman–Crippen LogP) is 2.66. The first kappa shape index (κ1) is 18.4. The van der Waals surface area contributed by atoms with E-state index in [1.165, 1.54) is 17.7 Å². The minimum Gasteiger partial charge on any atom is -0.479 e. The molecule has 0 spiro atoms. The molecule has 152 valence electrons. The zero-order valence-corrected chi connectivity index (χ0v) is 16.5. The maximum Gasteiger partial charge on any atom is 0.285 e. The van der Waals surface area contributed by atoms with Crippen LogP contribution in [0.15, 0.2) is 45.6 Å². The number of anilines is 1. The monoisotopic (exact) mass is 413 g/mol. The Morgan fingerprint density at radius 3 is 2.68 bits per heavy atom. The van der Waals surface area contributed by atoms with Crippen molar-refractivity contribution in [2.24, 2.45) is 0 Å². The fourth-order valence-electron chi connectivity index (χ4n) is 3.55. The van der Waals surface area contributed by atoms with Gasteiger partial charge in [-0.05, 0) is 12.5 Å². The largest absolute Gasteiger partial charge is 0.479 e. The molecule has 0 saturated heterocycles. The molecule has 0 fully saturated rings. The maximum atomic E-state index is 13.4. The van der Waals surface area contributed by atoms with Crippen molar-refractivity contribution in [2.75, 3.05) is 12.8 Å². The molecule has 0 aliphatic rings. The summed E-state index contributed by atoms with van der Waals surface area (Å²) in [5.41, 5.74) is 8.43. The zero-order chi connectivity index (χ0) is 21.7. The van der Waals surface area contributed by atoms with E-state index in [9.17, 15) is 10.1 Å². The Morgan fingerprint density at radius 1 is 1.19 bits per heavy atom. The van der Waals surface area contributed by atoms with Crippen molar-refractivity contribution < 1.29 is 9.15 Å². The Bertz CT molecular complexity index is 1570. The molecule has 10 heteroatoms. The lowest BCUT2D eigenvalue weighted by molar-refractivity contribution is 0.403. The Morgan fingerprint density at radius 2 is 1.97 bits per heavy atom. The van der Waals surface area contributed by atoms with E-state index in [4.69, 9.17) is 14.9 Å². The van der Waals surface area contributed by atoms with Gasteiger partial charge in [0, 0.05) is 6.07 Å². The van der Waals surface area contributed by atoms with Gasteiger partial charge in [-0.3, -0.25) is 9.89 Å². The smallest absolute Gasteiger partial charge is 0.285 e. The van der Waals surface area contributed by atoms with Crippen LogP contribution in [0.25, 0.3) is 39.3 Å². The lowest BCUT2D eigenvalue weighted by atomic mass is 10.1. The van der Waals surface area contributed by atoms with Crippen LogP contribution < -0.4 is 16.0 Å². The number of aromatic amines is 1. The molecular weight excluding hydrogens is 398 g/mol. The molecule has 0 aliphatic carbocycles. The van der Waals surface area contributed by atoms with Crippen molar-refractivity contribution in [3.05, 3.63) is 58.1 Å². The maximum absolute atomic E-state index is 13.4. The number of hydrogen-bond acceptors (Lipinski definition) is 8. The Hall–Kier alpha value is -4.65. The summed E-state index contributed by atoms with van der Waals surface area (Å²) in [4.78, 5) is 26.4. The second kappa shape index (κ2) is 6.70. The van der Waals surface area contributed by atoms with E-state index >= 15 is 0 Å². The summed E-state index contributed by atoms with van der Waals surface area (Å²) in [6.45, 7) is 1.68. The normalized spacial score (nSPS) is 11.1. The molecule has 0 amide bonds. The van der Waals surface area contributed by atoms with E-state index in [1.807, 2.05) is 30.3 Å². The molecule has 4 aromatic heterocycles. The van der Waals surface area contributed by atoms with Crippen molar-refractivity contribution in [1.29, 1.82) is 5.26 Å². The number of nitrogens with zero attached hydrogens (tertiary/aromatic N) is 5. The highest BCUT2D eigenvalue weighted by Gasteiger charge is 2.24. The van der Waals surface area contributed by atoms with Gasteiger partial charge in [-0.25, -0.2) is 9.97 Å². The summed E-state index contributed by atoms with van der Waals surface area (Å²) in [6.07, 6.45) is 0. The second-order valence-corrected chi connectivity index (χ2v) is 6.80. The molecular formula is C21H15N7O3. The molecule has 0 unspecified atom stereocenters. The molecule has 5 aromatic rings. The number of benzene rings is 1. The predicted molar refractivity (Wildman–Crippen MR) is 112 cm³/mol. The van der Waals surface area contributed by atoms with Crippen molar-refractivity contribution >= 4 is 22.6 Å². The number of aromatic nitrogens is 5. The van der Waals surface area contributed by atoms with E-state index in [0.29, 0.717) is 28.0 Å². The standard InChI is InChI=1S/C21H15N7O3/c1-10-15(19-26-17-13(31-19)8-14(23)25-20(17)30-2)21(29)28-18(24-10)16(12(9-22)27-28)11-6-4-3-5-7-11/h3-8,27H,1-2H3,(H2,23,25). The first-order valence-electron chi connectivity index (χ1n) is 9.24. The van der Waals surface area contributed by atoms with Gasteiger partial charge in [-0.15, -0.1) is 0 Å². The summed E-state index contributed by atoms with van der Waals surface area (Å²) >= 11 is 0. The molecule has 3 N–H and O–H groups in total. The van der Waals surface area contributed by atoms with Gasteiger partial charge in [0.15, 0.2) is 16.7 Å². The van der Waals surface area contributed by atoms with Gasteiger partial charge in [0.2, 0.25) is 11.8 Å². The summed E-state index contributed by atoms with van der Waals surface area (Å²) in [7, 11) is 1.44. The highest BCUT2D eigenvalue weighted by Crippen LogP contribution is 2.31. The fraction of sp³-hybridized carbons (Fsp3) is 0.0952. The van der Waals surface area contributed by atoms with E-state index in [-0.39, 0.29) is 28.8 Å². The van der Waals surface area contributed by atoms with Crippen molar-refractivity contribution in [3.63, 3.8) is 0 Å². The average Bonchev–Trinajstić information content (AvgIpc) is 3.35. The average molecular weight is 413 g/mol. The van der Waals surface area contributed by atoms with Gasteiger partial charge in [0.05, 0.1) is 18.4 Å². The van der Waals surface area contributed by atoms with Crippen LogP contribution >= 0.6 is 0 Å². The quantitative estimate of drug-likeness (QED) is 0.458. The number of pyridine rings is 1. The van der Waals surface area contributed by atoms with Crippen LogP contribution in [0.4, 0.5) is 5.82 Å². The van der Waals surface area contributed by atoms with Gasteiger partial charge in [-0.1, -0.05) is 30.3 Å². The lowest BCUT2D eigenvalue weighted by Gasteiger charge is -2.03. The number of fused-ring (bicyclic) bond motifs is 2. The molecule has 31 heavy (non-hydrogen) atoms. The van der Waals surface area contributed by atoms with E-state index in [2.05, 4.69) is 26.1 Å². The fourth-order valence-corrected chi connectivity index (χ4v) is 3.55. The van der Waals surface area contributed by atoms with Crippen LogP contribution in [0.3, 0.4) is 0 Å². The highest BCUT2D eigenvalue weighted by molar-refractivity contribution is 5.84. The third-order valence-corrected chi connectivity index (χ3v) is 4.91. The van der Waals surface area contributed by atoms with Crippen molar-refractivity contribution in [2.45, 2.75) is 6.92 Å². The number of nitrogen functional groups attached to an aromatic ring is 1. The Kier molecular flexibility index (Phi) is 3.98. The number of methoxy groups -OCH3 is 1. The number of ether oxygens (including phenoxy) is 1. The van der Waals surface area contributed by atoms with E-state index in [1.54, 1.807) is 6.92 Å². The molecule has 0 radical (unpaired) electrons. The third kappa shape index (κ3) is 2.71. The van der Waals surface area contributed by atoms with Crippen LogP contribution in [0.5, 0.6) is 5.88 Å². The molecule has 10 nitrogen and oxygen atoms in total. The molecule has 1 aromatic carbocycles. The second-order valence-electron chi connectivity index (χ2n) is 6.80. The van der Waals surface area contributed by atoms with Gasteiger partial charge in [-0.2, -0.15) is 14.8 Å². The molecule has 4 heterocycles. The Balaban J connectivity index is 1.80. The van der Waals surface area contributed by atoms with Crippen LogP contribution in [0, 0.1) is 18.3 Å². The van der Waals surface area contributed by atoms with Crippen LogP contribution in [-0.4, -0.2) is 31.7 Å². The lowest BCUT2D eigenvalue weighted by Crippen LogP contribution is -2.19. The number of oxazole rings is 1. The van der Waals surface area contributed by atoms with Crippen molar-refractivity contribution in [1.82, 2.24) is 24.6 Å². The number of rotatable bonds is 3. The number of nitrogens with two attached hydrogens (primary N) is 1. The number of hydrogen-bond donors (Lipinski definition) is 2. The van der Waals surface area contributed by atoms with Crippen LogP contribution in [0.1, 0.15) is 11.4 Å². The van der Waals surface area contributed by atoms with Gasteiger partial charge in [0.25, 0.3) is 5.56 Å². The number of H-pyrrole nitrogens is 1. The highest BCUT2D eigenvalue weighted by atomic mass is 16.5. The van der Waals surface area contributed by atoms with E-state index in [0.717, 1.165) is 5.56 Å². The number of nitriles is 1. The Labute approximate surface area is 174 Å². The molecule has 5 rings (SSSR count). The first-order chi connectivity index (χ1) is 15.0. The SMILES string of the molecule is COc1nc(N)cc2oc(-c3c(C)nc4c(-c5ccccc5)c(C#N)[nH]n4c3=O)nc12. The van der Waals surface area contributed by atoms with Gasteiger partial charge < -0.3 is 14.9 Å². The van der Waals surface area contributed by atoms with E-state index < -0.39 is 5.56 Å². The molecule has 0 aliphatic heterocycles. The summed E-state index contributed by atoms with van der Waals surface area (Å²) in [5, 5.41) is 12.5. The molecule has 0 atom stereocenters. The van der Waals surface area contributed by atoms with Gasteiger partial charge >= 0.3 is 0 Å². The van der Waals surface area contributed by atoms with Crippen LogP contribution in [-0.2, 0) is 0 Å². The first-order valence-corrected chi connectivity index (χ1v) is 9.24. The zero-order valence-electron chi connectivity index (χ0n) is 16.5.